The summed E-state index contributed by atoms with van der Waals surface area (Å²) in [5.74, 6) is -11.8. The molecule has 0 radical (unpaired) electrons. The van der Waals surface area contributed by atoms with E-state index in [0.29, 0.717) is 12.2 Å². The second-order valence-corrected chi connectivity index (χ2v) is 15.6. The predicted octanol–water partition coefficient (Wildman–Crippen LogP) is -5.44. The second-order valence-electron chi connectivity index (χ2n) is 14.6. The predicted molar refractivity (Wildman–Crippen MR) is 216 cm³/mol. The topological polar surface area (TPSA) is 402 Å². The van der Waals surface area contributed by atoms with Crippen LogP contribution in [0.5, 0.6) is 0 Å². The highest BCUT2D eigenvalue weighted by molar-refractivity contribution is 7.98. The fourth-order valence-corrected chi connectivity index (χ4v) is 6.46. The first-order valence-electron chi connectivity index (χ1n) is 19.6. The zero-order chi connectivity index (χ0) is 47.3. The first kappa shape index (κ1) is 54.4. The fraction of sp³-hybridized carbons (Fsp3) is 0.694. The maximum Gasteiger partial charge on any atom is 0.326 e. The number of carbonyl (C=O) groups is 11. The van der Waals surface area contributed by atoms with Crippen LogP contribution in [0.15, 0.2) is 0 Å². The summed E-state index contributed by atoms with van der Waals surface area (Å²) in [5, 5.41) is 63.8. The number of aliphatic carboxylic acids is 3. The van der Waals surface area contributed by atoms with Crippen LogP contribution >= 0.6 is 11.8 Å². The quantitative estimate of drug-likeness (QED) is 0.0348. The minimum atomic E-state index is -1.79. The molecule has 26 heteroatoms. The van der Waals surface area contributed by atoms with Crippen LogP contribution in [0.3, 0.4) is 0 Å². The number of nitrogens with zero attached hydrogens (tertiary/aromatic N) is 1. The van der Waals surface area contributed by atoms with Crippen LogP contribution in [0.4, 0.5) is 0 Å². The Hall–Kier alpha value is -5.60. The molecule has 350 valence electrons. The van der Waals surface area contributed by atoms with Crippen molar-refractivity contribution < 1.29 is 78.3 Å². The lowest BCUT2D eigenvalue weighted by Crippen LogP contribution is -2.60. The maximum atomic E-state index is 13.7. The Bertz CT molecular complexity index is 1630. The largest absolute Gasteiger partial charge is 0.481 e. The van der Waals surface area contributed by atoms with E-state index in [9.17, 15) is 73.2 Å². The van der Waals surface area contributed by atoms with E-state index in [-0.39, 0.29) is 19.4 Å². The Morgan fingerprint density at radius 1 is 0.694 bits per heavy atom. The Balaban J connectivity index is 3.11. The Kier molecular flexibility index (Phi) is 24.0. The number of aliphatic hydroxyl groups excluding tert-OH is 2. The number of rotatable bonds is 28. The summed E-state index contributed by atoms with van der Waals surface area (Å²) < 4.78 is 0. The molecule has 1 rings (SSSR count). The van der Waals surface area contributed by atoms with Crippen molar-refractivity contribution in [1.82, 2.24) is 42.1 Å². The summed E-state index contributed by atoms with van der Waals surface area (Å²) in [6.07, 6.45) is -1.72. The van der Waals surface area contributed by atoms with Gasteiger partial charge < -0.3 is 73.4 Å². The molecule has 25 nitrogen and oxygen atoms in total. The summed E-state index contributed by atoms with van der Waals surface area (Å²) in [7, 11) is 0. The van der Waals surface area contributed by atoms with Gasteiger partial charge in [0.15, 0.2) is 0 Å². The summed E-state index contributed by atoms with van der Waals surface area (Å²) in [5.41, 5.74) is 5.26. The van der Waals surface area contributed by atoms with E-state index in [0.717, 1.165) is 6.92 Å². The normalized spacial score (nSPS) is 16.8. The van der Waals surface area contributed by atoms with Crippen molar-refractivity contribution in [1.29, 1.82) is 0 Å². The van der Waals surface area contributed by atoms with E-state index in [4.69, 9.17) is 10.8 Å². The van der Waals surface area contributed by atoms with Gasteiger partial charge in [0.25, 0.3) is 0 Å². The van der Waals surface area contributed by atoms with Crippen LogP contribution in [0, 0.1) is 5.92 Å². The molecule has 0 aromatic carbocycles. The summed E-state index contributed by atoms with van der Waals surface area (Å²) >= 11 is 1.31. The van der Waals surface area contributed by atoms with Crippen LogP contribution in [-0.2, 0) is 52.7 Å². The van der Waals surface area contributed by atoms with Gasteiger partial charge in [-0.05, 0) is 57.0 Å². The summed E-state index contributed by atoms with van der Waals surface area (Å²) in [6.45, 7) is 2.18. The Morgan fingerprint density at radius 2 is 1.26 bits per heavy atom. The van der Waals surface area contributed by atoms with E-state index in [2.05, 4.69) is 37.2 Å². The smallest absolute Gasteiger partial charge is 0.326 e. The van der Waals surface area contributed by atoms with Gasteiger partial charge in [-0.3, -0.25) is 47.9 Å². The van der Waals surface area contributed by atoms with Gasteiger partial charge in [-0.2, -0.15) is 11.8 Å². The Morgan fingerprint density at radius 3 is 1.76 bits per heavy atom. The van der Waals surface area contributed by atoms with Gasteiger partial charge in [-0.15, -0.1) is 0 Å². The molecular formula is C36H59N9O16S. The highest BCUT2D eigenvalue weighted by Gasteiger charge is 2.40. The van der Waals surface area contributed by atoms with E-state index in [1.54, 1.807) is 20.1 Å². The van der Waals surface area contributed by atoms with Gasteiger partial charge in [0, 0.05) is 19.4 Å². The highest BCUT2D eigenvalue weighted by atomic mass is 32.2. The number of aliphatic hydroxyl groups is 2. The molecule has 1 heterocycles. The molecule has 0 aromatic rings. The molecule has 8 amide bonds. The zero-order valence-electron chi connectivity index (χ0n) is 34.8. The van der Waals surface area contributed by atoms with Gasteiger partial charge in [-0.25, -0.2) is 4.79 Å². The molecule has 0 saturated carbocycles. The lowest BCUT2D eigenvalue weighted by atomic mass is 10.0. The van der Waals surface area contributed by atoms with E-state index < -0.39 is 165 Å². The second kappa shape index (κ2) is 27.4. The van der Waals surface area contributed by atoms with Crippen molar-refractivity contribution in [3.8, 4) is 0 Å². The number of carbonyl (C=O) groups excluding carboxylic acids is 8. The SMILES string of the molecule is CSCC[C@H](NC(=O)[C@H](CCC(=O)O)NC(=O)[C@@H](NC(=O)CNC(=O)[C@H](CCC(=O)O)NC(=O)[C@@H]1CCCN1C(=O)[C@@H](NC(=O)[C@H](CO)NC(=O)CN)C(C)C)[C@@H](C)O)C(=O)O. The van der Waals surface area contributed by atoms with Crippen LogP contribution in [0.25, 0.3) is 0 Å². The number of amides is 8. The monoisotopic (exact) mass is 905 g/mol. The van der Waals surface area contributed by atoms with Crippen molar-refractivity contribution in [3.05, 3.63) is 0 Å². The highest BCUT2D eigenvalue weighted by Crippen LogP contribution is 2.21. The number of hydrogen-bond acceptors (Lipinski definition) is 15. The van der Waals surface area contributed by atoms with Crippen molar-refractivity contribution in [2.24, 2.45) is 11.7 Å². The molecule has 1 aliphatic rings. The van der Waals surface area contributed by atoms with Crippen LogP contribution in [-0.4, -0.2) is 182 Å². The van der Waals surface area contributed by atoms with Gasteiger partial charge in [0.1, 0.15) is 42.3 Å². The third kappa shape index (κ3) is 18.6. The van der Waals surface area contributed by atoms with Gasteiger partial charge in [0.05, 0.1) is 25.8 Å². The van der Waals surface area contributed by atoms with Crippen molar-refractivity contribution in [2.45, 2.75) is 114 Å². The lowest BCUT2D eigenvalue weighted by Gasteiger charge is -2.32. The lowest BCUT2D eigenvalue weighted by molar-refractivity contribution is -0.143. The molecule has 62 heavy (non-hydrogen) atoms. The van der Waals surface area contributed by atoms with E-state index >= 15 is 0 Å². The average molecular weight is 906 g/mol. The third-order valence-electron chi connectivity index (χ3n) is 9.38. The number of thioether (sulfide) groups is 1. The molecule has 1 saturated heterocycles. The Labute approximate surface area is 360 Å². The standard InChI is InChI=1S/C36H59N9O16S/c1-17(2)28(44-32(56)22(16-46)39-24(48)14-37)35(59)45-12-5-6-23(45)33(57)40-19(7-9-26(50)51)30(54)38-15-25(49)43-29(18(3)47)34(58)41-20(8-10-27(52)53)31(55)42-21(36(60)61)11-13-62-4/h17-23,28-29,46-47H,5-16,37H2,1-4H3,(H,38,54)(H,39,48)(H,40,57)(H,41,58)(H,42,55)(H,43,49)(H,44,56)(H,50,51)(H,52,53)(H,60,61)/t18-,19+,20+,21+,22+,23+,28+,29+/m1/s1. The third-order valence-corrected chi connectivity index (χ3v) is 10.0. The number of likely N-dealkylation sites (tertiary alicyclic amines) is 1. The van der Waals surface area contributed by atoms with Crippen LogP contribution in [0.1, 0.15) is 65.7 Å². The number of nitrogens with one attached hydrogen (secondary N) is 7. The number of carboxylic acid groups (broad SMARTS) is 3. The molecule has 0 spiro atoms. The average Bonchev–Trinajstić information content (AvgIpc) is 3.71. The molecule has 0 aromatic heterocycles. The minimum Gasteiger partial charge on any atom is -0.481 e. The van der Waals surface area contributed by atoms with Crippen molar-refractivity contribution in [2.75, 3.05) is 38.2 Å². The van der Waals surface area contributed by atoms with Crippen LogP contribution in [0.2, 0.25) is 0 Å². The molecule has 1 aliphatic heterocycles. The summed E-state index contributed by atoms with van der Waals surface area (Å²) in [6, 6.07) is -10.2. The van der Waals surface area contributed by atoms with Gasteiger partial charge in [-0.1, -0.05) is 13.8 Å². The first-order valence-corrected chi connectivity index (χ1v) is 21.0. The van der Waals surface area contributed by atoms with Crippen molar-refractivity contribution >= 4 is 76.9 Å². The minimum absolute atomic E-state index is 0.00640. The number of hydrogen-bond donors (Lipinski definition) is 13. The van der Waals surface area contributed by atoms with E-state index in [1.165, 1.54) is 16.7 Å². The molecule has 0 aliphatic carbocycles. The van der Waals surface area contributed by atoms with Gasteiger partial charge in [0.2, 0.25) is 47.3 Å². The van der Waals surface area contributed by atoms with E-state index in [1.807, 2.05) is 0 Å². The number of carboxylic acids is 3. The molecule has 14 N–H and O–H groups in total. The molecule has 8 atom stereocenters. The number of nitrogens with two attached hydrogens (primary N) is 1. The summed E-state index contributed by atoms with van der Waals surface area (Å²) in [4.78, 5) is 140. The van der Waals surface area contributed by atoms with Crippen LogP contribution < -0.4 is 43.0 Å². The maximum absolute atomic E-state index is 13.7. The molecular weight excluding hydrogens is 847 g/mol. The zero-order valence-corrected chi connectivity index (χ0v) is 35.7. The molecule has 0 unspecified atom stereocenters. The first-order chi connectivity index (χ1) is 29.1. The molecule has 0 bridgehead atoms. The molecule has 1 fully saturated rings. The van der Waals surface area contributed by atoms with Crippen molar-refractivity contribution in [3.63, 3.8) is 0 Å². The van der Waals surface area contributed by atoms with Gasteiger partial charge >= 0.3 is 17.9 Å². The fourth-order valence-electron chi connectivity index (χ4n) is 5.98.